The molecular weight excluding hydrogens is 106 g/mol. The first-order chi connectivity index (χ1) is 3.81. The van der Waals surface area contributed by atoms with Crippen LogP contribution in [0.15, 0.2) is 0 Å². The Labute approximate surface area is 49.5 Å². The first kappa shape index (κ1) is 7.84. The van der Waals surface area contributed by atoms with Crippen LogP contribution in [0, 0.1) is 0 Å². The third kappa shape index (κ3) is 4.01. The molecular formula is C4H13N3O. The number of nitrogens with zero attached hydrogens (tertiary/aromatic N) is 1. The molecule has 0 bridgehead atoms. The number of rotatable bonds is 4. The molecule has 0 aromatic heterocycles. The van der Waals surface area contributed by atoms with Gasteiger partial charge in [0.15, 0.2) is 0 Å². The number of nitrogens with one attached hydrogen (secondary N) is 1. The van der Waals surface area contributed by atoms with Gasteiger partial charge in [-0.15, -0.1) is 5.17 Å². The second-order valence-electron chi connectivity index (χ2n) is 1.51. The van der Waals surface area contributed by atoms with Crippen LogP contribution in [0.5, 0.6) is 0 Å². The Kier molecular flexibility index (Phi) is 4.89. The minimum atomic E-state index is 0.883. The van der Waals surface area contributed by atoms with Gasteiger partial charge in [-0.05, 0) is 6.42 Å². The van der Waals surface area contributed by atoms with Crippen molar-refractivity contribution in [2.45, 2.75) is 13.3 Å². The first-order valence-electron chi connectivity index (χ1n) is 2.65. The Hall–Kier alpha value is -0.160. The van der Waals surface area contributed by atoms with Gasteiger partial charge in [-0.2, -0.15) is 10.8 Å². The molecule has 50 valence electrons. The third-order valence-electron chi connectivity index (χ3n) is 0.743. The van der Waals surface area contributed by atoms with Crippen LogP contribution in [0.1, 0.15) is 13.3 Å². The highest BCUT2D eigenvalue weighted by Crippen LogP contribution is 1.72. The largest absolute Gasteiger partial charge is 0.230 e. The highest BCUT2D eigenvalue weighted by atomic mass is 16.8. The summed E-state index contributed by atoms with van der Waals surface area (Å²) in [6.07, 6.45) is 1.06. The predicted octanol–water partition coefficient (Wildman–Crippen LogP) is -0.362. The van der Waals surface area contributed by atoms with Gasteiger partial charge in [0.1, 0.15) is 0 Å². The highest BCUT2D eigenvalue weighted by molar-refractivity contribution is 4.29. The molecule has 0 aromatic rings. The Morgan fingerprint density at radius 2 is 2.38 bits per heavy atom. The van der Waals surface area contributed by atoms with E-state index in [1.807, 2.05) is 0 Å². The quantitative estimate of drug-likeness (QED) is 0.496. The molecule has 0 radical (unpaired) electrons. The molecule has 0 saturated heterocycles. The van der Waals surface area contributed by atoms with E-state index >= 15 is 0 Å². The second kappa shape index (κ2) is 4.99. The first-order valence-corrected chi connectivity index (χ1v) is 2.65. The van der Waals surface area contributed by atoms with Gasteiger partial charge < -0.3 is 0 Å². The number of hydrogen-bond acceptors (Lipinski definition) is 4. The summed E-state index contributed by atoms with van der Waals surface area (Å²) in [5, 5.41) is 1.36. The normalized spacial score (nSPS) is 10.5. The molecule has 0 fully saturated rings. The van der Waals surface area contributed by atoms with Crippen LogP contribution in [0.2, 0.25) is 0 Å². The molecule has 0 atom stereocenters. The van der Waals surface area contributed by atoms with E-state index in [2.05, 4.69) is 17.3 Å². The lowest BCUT2D eigenvalue weighted by Crippen LogP contribution is -2.36. The monoisotopic (exact) mass is 119 g/mol. The summed E-state index contributed by atoms with van der Waals surface area (Å²) in [4.78, 5) is 4.27. The zero-order valence-corrected chi connectivity index (χ0v) is 5.35. The zero-order chi connectivity index (χ0) is 6.41. The molecule has 0 heterocycles. The molecule has 3 N–H and O–H groups in total. The van der Waals surface area contributed by atoms with Crippen molar-refractivity contribution in [1.82, 2.24) is 10.6 Å². The van der Waals surface area contributed by atoms with E-state index in [0.29, 0.717) is 0 Å². The lowest BCUT2D eigenvalue weighted by Gasteiger charge is -2.11. The second-order valence-corrected chi connectivity index (χ2v) is 1.51. The SMILES string of the molecule is CCCNN(C)ON. The molecule has 0 aromatic carbocycles. The van der Waals surface area contributed by atoms with Gasteiger partial charge in [0.05, 0.1) is 0 Å². The van der Waals surface area contributed by atoms with Crippen molar-refractivity contribution in [2.24, 2.45) is 5.90 Å². The van der Waals surface area contributed by atoms with Gasteiger partial charge in [-0.1, -0.05) is 6.92 Å². The standard InChI is InChI=1S/C4H13N3O/c1-3-4-6-7(2)8-5/h6H,3-5H2,1-2H3. The summed E-state index contributed by atoms with van der Waals surface area (Å²) in [7, 11) is 1.70. The number of hydroxylamine groups is 1. The molecule has 0 amide bonds. The topological polar surface area (TPSA) is 50.5 Å². The van der Waals surface area contributed by atoms with Gasteiger partial charge in [0.25, 0.3) is 0 Å². The van der Waals surface area contributed by atoms with E-state index in [4.69, 9.17) is 5.90 Å². The van der Waals surface area contributed by atoms with Crippen LogP contribution in [-0.4, -0.2) is 18.8 Å². The number of hydrogen-bond donors (Lipinski definition) is 2. The molecule has 0 aliphatic heterocycles. The maximum absolute atomic E-state index is 4.78. The van der Waals surface area contributed by atoms with E-state index in [9.17, 15) is 0 Å². The summed E-state index contributed by atoms with van der Waals surface area (Å²) in [6.45, 7) is 2.95. The zero-order valence-electron chi connectivity index (χ0n) is 5.35. The summed E-state index contributed by atoms with van der Waals surface area (Å²) in [5.74, 6) is 4.78. The minimum Gasteiger partial charge on any atom is -0.230 e. The van der Waals surface area contributed by atoms with E-state index in [0.717, 1.165) is 13.0 Å². The van der Waals surface area contributed by atoms with Crippen molar-refractivity contribution in [3.63, 3.8) is 0 Å². The fourth-order valence-corrected chi connectivity index (χ4v) is 0.307. The average molecular weight is 119 g/mol. The van der Waals surface area contributed by atoms with Gasteiger partial charge >= 0.3 is 0 Å². The molecule has 8 heavy (non-hydrogen) atoms. The van der Waals surface area contributed by atoms with E-state index in [-0.39, 0.29) is 0 Å². The Morgan fingerprint density at radius 3 is 2.75 bits per heavy atom. The number of nitrogens with two attached hydrogens (primary N) is 1. The molecule has 4 heteroatoms. The Morgan fingerprint density at radius 1 is 1.75 bits per heavy atom. The van der Waals surface area contributed by atoms with Crippen molar-refractivity contribution >= 4 is 0 Å². The van der Waals surface area contributed by atoms with Crippen LogP contribution in [-0.2, 0) is 4.94 Å². The molecule has 0 saturated carbocycles. The van der Waals surface area contributed by atoms with E-state index in [1.165, 1.54) is 5.17 Å². The van der Waals surface area contributed by atoms with Gasteiger partial charge in [0.2, 0.25) is 0 Å². The minimum absolute atomic E-state index is 0.883. The van der Waals surface area contributed by atoms with Gasteiger partial charge in [-0.25, -0.2) is 5.43 Å². The summed E-state index contributed by atoms with van der Waals surface area (Å²) >= 11 is 0. The number of hydrazine groups is 1. The van der Waals surface area contributed by atoms with Crippen LogP contribution < -0.4 is 11.3 Å². The summed E-state index contributed by atoms with van der Waals surface area (Å²) < 4.78 is 0. The van der Waals surface area contributed by atoms with E-state index < -0.39 is 0 Å². The molecule has 0 rings (SSSR count). The smallest absolute Gasteiger partial charge is 0.0307 e. The van der Waals surface area contributed by atoms with Crippen LogP contribution in [0.25, 0.3) is 0 Å². The van der Waals surface area contributed by atoms with Crippen molar-refractivity contribution in [3.8, 4) is 0 Å². The van der Waals surface area contributed by atoms with E-state index in [1.54, 1.807) is 7.05 Å². The molecule has 0 aliphatic carbocycles. The van der Waals surface area contributed by atoms with Crippen LogP contribution in [0.3, 0.4) is 0 Å². The lowest BCUT2D eigenvalue weighted by atomic mass is 10.5. The van der Waals surface area contributed by atoms with Crippen molar-refractivity contribution in [3.05, 3.63) is 0 Å². The lowest BCUT2D eigenvalue weighted by molar-refractivity contribution is -0.180. The Balaban J connectivity index is 2.86. The summed E-state index contributed by atoms with van der Waals surface area (Å²) in [6, 6.07) is 0. The maximum atomic E-state index is 4.78. The third-order valence-corrected chi connectivity index (χ3v) is 0.743. The average Bonchev–Trinajstić information content (AvgIpc) is 1.83. The van der Waals surface area contributed by atoms with Gasteiger partial charge in [0, 0.05) is 13.6 Å². The van der Waals surface area contributed by atoms with Gasteiger partial charge in [-0.3, -0.25) is 0 Å². The molecule has 4 nitrogen and oxygen atoms in total. The van der Waals surface area contributed by atoms with Crippen LogP contribution in [0.4, 0.5) is 0 Å². The fraction of sp³-hybridized carbons (Fsp3) is 1.00. The molecule has 0 unspecified atom stereocenters. The van der Waals surface area contributed by atoms with Crippen molar-refractivity contribution in [1.29, 1.82) is 0 Å². The van der Waals surface area contributed by atoms with Crippen molar-refractivity contribution in [2.75, 3.05) is 13.6 Å². The molecule has 0 aliphatic rings. The maximum Gasteiger partial charge on any atom is 0.0307 e. The predicted molar refractivity (Wildman–Crippen MR) is 31.3 cm³/mol. The van der Waals surface area contributed by atoms with Crippen molar-refractivity contribution < 1.29 is 4.94 Å². The fourth-order valence-electron chi connectivity index (χ4n) is 0.307. The summed E-state index contributed by atoms with van der Waals surface area (Å²) in [5.41, 5.74) is 2.87. The molecule has 0 spiro atoms. The highest BCUT2D eigenvalue weighted by Gasteiger charge is 1.88. The Bertz CT molecular complexity index is 50.5. The van der Waals surface area contributed by atoms with Crippen LogP contribution >= 0.6 is 0 Å².